The van der Waals surface area contributed by atoms with Crippen LogP contribution >= 0.6 is 11.8 Å². The fourth-order valence-corrected chi connectivity index (χ4v) is 2.97. The van der Waals surface area contributed by atoms with E-state index in [0.717, 1.165) is 12.8 Å². The summed E-state index contributed by atoms with van der Waals surface area (Å²) in [7, 11) is 0. The van der Waals surface area contributed by atoms with Crippen LogP contribution in [0.4, 0.5) is 0 Å². The Balaban J connectivity index is 2.42. The Kier molecular flexibility index (Phi) is 3.80. The van der Waals surface area contributed by atoms with E-state index in [0.29, 0.717) is 11.0 Å². The Hall–Kier alpha value is -0.0200. The fraction of sp³-hybridized carbons (Fsp3) is 0.900. The van der Waals surface area contributed by atoms with E-state index in [1.807, 2.05) is 13.8 Å². The number of carbonyl (C=O) groups excluding carboxylic acids is 1. The summed E-state index contributed by atoms with van der Waals surface area (Å²) in [5, 5.41) is 9.99. The molecule has 13 heavy (non-hydrogen) atoms. The first-order valence-electron chi connectivity index (χ1n) is 4.88. The standard InChI is InChI=1S/C10H18O2S/c1-6-9(12)4-5-10(6)13-8(3)7(2)11/h6-8,10-11H,4-5H2,1-3H3. The molecule has 1 aliphatic rings. The third kappa shape index (κ3) is 2.71. The molecule has 0 bridgehead atoms. The first-order valence-corrected chi connectivity index (χ1v) is 5.83. The number of hydrogen-bond donors (Lipinski definition) is 1. The van der Waals surface area contributed by atoms with Crippen molar-refractivity contribution in [3.05, 3.63) is 0 Å². The Bertz CT molecular complexity index is 191. The largest absolute Gasteiger partial charge is 0.392 e. The van der Waals surface area contributed by atoms with Gasteiger partial charge in [0.15, 0.2) is 0 Å². The first-order chi connectivity index (χ1) is 6.02. The number of aliphatic hydroxyl groups is 1. The zero-order valence-electron chi connectivity index (χ0n) is 8.49. The molecule has 0 spiro atoms. The summed E-state index contributed by atoms with van der Waals surface area (Å²) < 4.78 is 0. The van der Waals surface area contributed by atoms with Gasteiger partial charge in [0, 0.05) is 22.8 Å². The van der Waals surface area contributed by atoms with Crippen LogP contribution in [0.5, 0.6) is 0 Å². The SMILES string of the molecule is CC(O)C(C)SC1CCC(=O)C1C. The Morgan fingerprint density at radius 3 is 2.54 bits per heavy atom. The van der Waals surface area contributed by atoms with Crippen LogP contribution in [-0.2, 0) is 4.79 Å². The molecule has 1 saturated carbocycles. The van der Waals surface area contributed by atoms with E-state index in [4.69, 9.17) is 0 Å². The van der Waals surface area contributed by atoms with Crippen LogP contribution in [-0.4, -0.2) is 27.5 Å². The molecule has 0 aromatic carbocycles. The van der Waals surface area contributed by atoms with Crippen molar-refractivity contribution in [2.45, 2.75) is 50.2 Å². The summed E-state index contributed by atoms with van der Waals surface area (Å²) in [5.41, 5.74) is 0. The number of rotatable bonds is 3. The van der Waals surface area contributed by atoms with Crippen LogP contribution in [0.3, 0.4) is 0 Å². The van der Waals surface area contributed by atoms with Crippen LogP contribution in [0.15, 0.2) is 0 Å². The number of ketones is 1. The van der Waals surface area contributed by atoms with E-state index in [1.165, 1.54) is 0 Å². The van der Waals surface area contributed by atoms with E-state index in [9.17, 15) is 9.90 Å². The number of hydrogen-bond acceptors (Lipinski definition) is 3. The lowest BCUT2D eigenvalue weighted by atomic mass is 10.1. The van der Waals surface area contributed by atoms with Crippen molar-refractivity contribution in [1.82, 2.24) is 0 Å². The molecule has 1 N–H and O–H groups in total. The third-order valence-corrected chi connectivity index (χ3v) is 4.63. The van der Waals surface area contributed by atoms with Crippen LogP contribution in [0, 0.1) is 5.92 Å². The molecule has 3 heteroatoms. The smallest absolute Gasteiger partial charge is 0.136 e. The molecule has 1 fully saturated rings. The quantitative estimate of drug-likeness (QED) is 0.759. The molecule has 4 atom stereocenters. The predicted octanol–water partition coefficient (Wildman–Crippen LogP) is 1.86. The average molecular weight is 202 g/mol. The van der Waals surface area contributed by atoms with Gasteiger partial charge in [-0.3, -0.25) is 4.79 Å². The highest BCUT2D eigenvalue weighted by molar-refractivity contribution is 8.00. The Morgan fingerprint density at radius 2 is 2.15 bits per heavy atom. The van der Waals surface area contributed by atoms with Crippen LogP contribution in [0.2, 0.25) is 0 Å². The van der Waals surface area contributed by atoms with Gasteiger partial charge in [-0.1, -0.05) is 13.8 Å². The zero-order chi connectivity index (χ0) is 10.0. The van der Waals surface area contributed by atoms with E-state index in [-0.39, 0.29) is 17.3 Å². The third-order valence-electron chi connectivity index (χ3n) is 2.81. The minimum absolute atomic E-state index is 0.186. The second kappa shape index (κ2) is 4.47. The second-order valence-corrected chi connectivity index (χ2v) is 5.54. The highest BCUT2D eigenvalue weighted by atomic mass is 32.2. The molecule has 0 aromatic rings. The van der Waals surface area contributed by atoms with Crippen molar-refractivity contribution in [3.8, 4) is 0 Å². The molecule has 1 rings (SSSR count). The summed E-state index contributed by atoms with van der Waals surface area (Å²) in [6.45, 7) is 5.83. The second-order valence-electron chi connectivity index (χ2n) is 3.91. The fourth-order valence-electron chi connectivity index (χ4n) is 1.54. The summed E-state index contributed by atoms with van der Waals surface area (Å²) >= 11 is 1.76. The van der Waals surface area contributed by atoms with Gasteiger partial charge in [-0.15, -0.1) is 0 Å². The first kappa shape index (κ1) is 11.1. The van der Waals surface area contributed by atoms with E-state index in [2.05, 4.69) is 0 Å². The molecular weight excluding hydrogens is 184 g/mol. The highest BCUT2D eigenvalue weighted by Crippen LogP contribution is 2.35. The van der Waals surface area contributed by atoms with Crippen LogP contribution in [0.25, 0.3) is 0 Å². The lowest BCUT2D eigenvalue weighted by Gasteiger charge is -2.20. The Labute approximate surface area is 84.1 Å². The van der Waals surface area contributed by atoms with Gasteiger partial charge in [0.2, 0.25) is 0 Å². The molecule has 0 aromatic heterocycles. The van der Waals surface area contributed by atoms with Gasteiger partial charge in [0.1, 0.15) is 5.78 Å². The maximum atomic E-state index is 11.3. The highest BCUT2D eigenvalue weighted by Gasteiger charge is 2.32. The van der Waals surface area contributed by atoms with Crippen molar-refractivity contribution in [1.29, 1.82) is 0 Å². The van der Waals surface area contributed by atoms with Crippen molar-refractivity contribution in [2.24, 2.45) is 5.92 Å². The maximum absolute atomic E-state index is 11.3. The molecule has 0 aliphatic heterocycles. The van der Waals surface area contributed by atoms with E-state index in [1.54, 1.807) is 18.7 Å². The summed E-state index contributed by atoms with van der Waals surface area (Å²) in [6.07, 6.45) is 1.43. The zero-order valence-corrected chi connectivity index (χ0v) is 9.30. The minimum atomic E-state index is -0.284. The molecule has 76 valence electrons. The van der Waals surface area contributed by atoms with Crippen molar-refractivity contribution >= 4 is 17.5 Å². The van der Waals surface area contributed by atoms with Gasteiger partial charge in [-0.2, -0.15) is 11.8 Å². The molecule has 0 amide bonds. The Morgan fingerprint density at radius 1 is 1.54 bits per heavy atom. The molecule has 0 heterocycles. The lowest BCUT2D eigenvalue weighted by molar-refractivity contribution is -0.120. The van der Waals surface area contributed by atoms with Gasteiger partial charge in [-0.05, 0) is 13.3 Å². The molecule has 1 aliphatic carbocycles. The number of thioether (sulfide) groups is 1. The van der Waals surface area contributed by atoms with Gasteiger partial charge in [0.25, 0.3) is 0 Å². The van der Waals surface area contributed by atoms with E-state index >= 15 is 0 Å². The summed E-state index contributed by atoms with van der Waals surface area (Å²) in [4.78, 5) is 11.3. The maximum Gasteiger partial charge on any atom is 0.136 e. The molecule has 0 radical (unpaired) electrons. The topological polar surface area (TPSA) is 37.3 Å². The summed E-state index contributed by atoms with van der Waals surface area (Å²) in [6, 6.07) is 0. The normalized spacial score (nSPS) is 33.4. The van der Waals surface area contributed by atoms with Gasteiger partial charge in [0.05, 0.1) is 6.10 Å². The van der Waals surface area contributed by atoms with Crippen molar-refractivity contribution < 1.29 is 9.90 Å². The summed E-state index contributed by atoms with van der Waals surface area (Å²) in [5.74, 6) is 0.571. The molecular formula is C10H18O2S. The minimum Gasteiger partial charge on any atom is -0.392 e. The average Bonchev–Trinajstić information content (AvgIpc) is 2.36. The number of carbonyl (C=O) groups is 1. The monoisotopic (exact) mass is 202 g/mol. The lowest BCUT2D eigenvalue weighted by Crippen LogP contribution is -2.22. The molecule has 4 unspecified atom stereocenters. The van der Waals surface area contributed by atoms with Crippen molar-refractivity contribution in [2.75, 3.05) is 0 Å². The molecule has 2 nitrogen and oxygen atoms in total. The van der Waals surface area contributed by atoms with Crippen molar-refractivity contribution in [3.63, 3.8) is 0 Å². The van der Waals surface area contributed by atoms with Crippen LogP contribution < -0.4 is 0 Å². The van der Waals surface area contributed by atoms with Gasteiger partial charge in [-0.25, -0.2) is 0 Å². The number of Topliss-reactive ketones (excluding diaryl/α,β-unsaturated/α-hetero) is 1. The predicted molar refractivity (Wildman–Crippen MR) is 55.9 cm³/mol. The van der Waals surface area contributed by atoms with Gasteiger partial charge >= 0.3 is 0 Å². The number of aliphatic hydroxyl groups excluding tert-OH is 1. The van der Waals surface area contributed by atoms with Crippen LogP contribution in [0.1, 0.15) is 33.6 Å². The van der Waals surface area contributed by atoms with E-state index < -0.39 is 0 Å². The molecule has 0 saturated heterocycles. The van der Waals surface area contributed by atoms with Gasteiger partial charge < -0.3 is 5.11 Å².